The van der Waals surface area contributed by atoms with Crippen molar-refractivity contribution < 1.29 is 4.79 Å². The van der Waals surface area contributed by atoms with Crippen LogP contribution in [0.2, 0.25) is 0 Å². The first-order valence-corrected chi connectivity index (χ1v) is 4.46. The molecule has 0 bridgehead atoms. The van der Waals surface area contributed by atoms with E-state index in [2.05, 4.69) is 24.1 Å². The van der Waals surface area contributed by atoms with Crippen LogP contribution >= 0.6 is 0 Å². The average Bonchev–Trinajstić information content (AvgIpc) is 2.47. The molecule has 0 spiro atoms. The highest BCUT2D eigenvalue weighted by Gasteiger charge is 2.20. The summed E-state index contributed by atoms with van der Waals surface area (Å²) in [7, 11) is 0. The van der Waals surface area contributed by atoms with E-state index in [9.17, 15) is 4.79 Å². The van der Waals surface area contributed by atoms with Gasteiger partial charge in [-0.05, 0) is 12.0 Å². The van der Waals surface area contributed by atoms with E-state index in [1.165, 1.54) is 0 Å². The van der Waals surface area contributed by atoms with Crippen LogP contribution in [0.15, 0.2) is 12.1 Å². The molecular formula is C10H12N2O. The highest BCUT2D eigenvalue weighted by atomic mass is 16.2. The molecule has 2 rings (SSSR count). The summed E-state index contributed by atoms with van der Waals surface area (Å²) in [6, 6.07) is 3.97. The first-order chi connectivity index (χ1) is 6.18. The van der Waals surface area contributed by atoms with Gasteiger partial charge in [0.25, 0.3) is 5.91 Å². The Morgan fingerprint density at radius 1 is 1.46 bits per heavy atom. The van der Waals surface area contributed by atoms with Crippen LogP contribution in [-0.4, -0.2) is 10.9 Å². The lowest BCUT2D eigenvalue weighted by atomic mass is 10.1. The van der Waals surface area contributed by atoms with Crippen molar-refractivity contribution in [2.75, 3.05) is 0 Å². The second-order valence-electron chi connectivity index (χ2n) is 3.58. The second-order valence-corrected chi connectivity index (χ2v) is 3.58. The van der Waals surface area contributed by atoms with Gasteiger partial charge in [0.05, 0.1) is 0 Å². The lowest BCUT2D eigenvalue weighted by Gasteiger charge is -2.04. The Bertz CT molecular complexity index is 358. The van der Waals surface area contributed by atoms with Crippen LogP contribution < -0.4 is 5.32 Å². The minimum Gasteiger partial charge on any atom is -0.347 e. The summed E-state index contributed by atoms with van der Waals surface area (Å²) >= 11 is 0. The van der Waals surface area contributed by atoms with Gasteiger partial charge in [-0.2, -0.15) is 0 Å². The van der Waals surface area contributed by atoms with Gasteiger partial charge in [-0.25, -0.2) is 4.98 Å². The smallest absolute Gasteiger partial charge is 0.270 e. The van der Waals surface area contributed by atoms with Crippen molar-refractivity contribution >= 4 is 5.91 Å². The molecule has 0 fully saturated rings. The third-order valence-electron chi connectivity index (χ3n) is 2.25. The molecule has 0 atom stereocenters. The SMILES string of the molecule is CC(C)c1ccc2c(n1)C(=O)NC2. The van der Waals surface area contributed by atoms with Gasteiger partial charge in [-0.3, -0.25) is 4.79 Å². The van der Waals surface area contributed by atoms with Gasteiger partial charge in [0.15, 0.2) is 0 Å². The van der Waals surface area contributed by atoms with Crippen LogP contribution in [0.1, 0.15) is 41.5 Å². The van der Waals surface area contributed by atoms with E-state index in [1.54, 1.807) is 0 Å². The molecule has 0 saturated carbocycles. The zero-order valence-corrected chi connectivity index (χ0v) is 7.79. The van der Waals surface area contributed by atoms with Crippen LogP contribution in [0, 0.1) is 0 Å². The molecule has 3 heteroatoms. The van der Waals surface area contributed by atoms with Crippen LogP contribution in [0.3, 0.4) is 0 Å². The summed E-state index contributed by atoms with van der Waals surface area (Å²) in [6.45, 7) is 4.77. The normalized spacial score (nSPS) is 14.5. The number of hydrogen-bond acceptors (Lipinski definition) is 2. The van der Waals surface area contributed by atoms with E-state index in [0.717, 1.165) is 11.3 Å². The number of hydrogen-bond donors (Lipinski definition) is 1. The van der Waals surface area contributed by atoms with E-state index >= 15 is 0 Å². The summed E-state index contributed by atoms with van der Waals surface area (Å²) in [5.74, 6) is 0.330. The Labute approximate surface area is 77.2 Å². The Kier molecular flexibility index (Phi) is 1.79. The van der Waals surface area contributed by atoms with Crippen LogP contribution in [0.5, 0.6) is 0 Å². The average molecular weight is 176 g/mol. The molecule has 1 amide bonds. The lowest BCUT2D eigenvalue weighted by molar-refractivity contribution is 0.0961. The molecule has 2 heterocycles. The maximum Gasteiger partial charge on any atom is 0.270 e. The van der Waals surface area contributed by atoms with E-state index < -0.39 is 0 Å². The van der Waals surface area contributed by atoms with Gasteiger partial charge in [0, 0.05) is 17.8 Å². The molecule has 1 aliphatic heterocycles. The summed E-state index contributed by atoms with van der Waals surface area (Å²) in [4.78, 5) is 15.6. The maximum atomic E-state index is 11.3. The molecule has 1 aromatic rings. The zero-order valence-electron chi connectivity index (χ0n) is 7.79. The van der Waals surface area contributed by atoms with E-state index in [-0.39, 0.29) is 5.91 Å². The monoisotopic (exact) mass is 176 g/mol. The van der Waals surface area contributed by atoms with Crippen LogP contribution in [-0.2, 0) is 6.54 Å². The second kappa shape index (κ2) is 2.83. The van der Waals surface area contributed by atoms with Crippen molar-refractivity contribution in [1.82, 2.24) is 10.3 Å². The molecule has 0 radical (unpaired) electrons. The predicted molar refractivity (Wildman–Crippen MR) is 49.5 cm³/mol. The Morgan fingerprint density at radius 3 is 2.92 bits per heavy atom. The molecule has 1 N–H and O–H groups in total. The van der Waals surface area contributed by atoms with Crippen molar-refractivity contribution in [3.8, 4) is 0 Å². The number of pyridine rings is 1. The lowest BCUT2D eigenvalue weighted by Crippen LogP contribution is -2.13. The fourth-order valence-corrected chi connectivity index (χ4v) is 1.42. The van der Waals surface area contributed by atoms with Crippen LogP contribution in [0.4, 0.5) is 0 Å². The zero-order chi connectivity index (χ0) is 9.42. The van der Waals surface area contributed by atoms with Crippen molar-refractivity contribution in [1.29, 1.82) is 0 Å². The summed E-state index contributed by atoms with van der Waals surface area (Å²) in [5.41, 5.74) is 2.59. The third-order valence-corrected chi connectivity index (χ3v) is 2.25. The van der Waals surface area contributed by atoms with Gasteiger partial charge in [-0.1, -0.05) is 19.9 Å². The quantitative estimate of drug-likeness (QED) is 0.703. The highest BCUT2D eigenvalue weighted by Crippen LogP contribution is 2.17. The van der Waals surface area contributed by atoms with Gasteiger partial charge in [-0.15, -0.1) is 0 Å². The van der Waals surface area contributed by atoms with Crippen molar-refractivity contribution in [2.24, 2.45) is 0 Å². The molecule has 3 nitrogen and oxygen atoms in total. The first-order valence-electron chi connectivity index (χ1n) is 4.46. The number of carbonyl (C=O) groups is 1. The molecule has 1 aliphatic rings. The molecule has 0 aromatic carbocycles. The van der Waals surface area contributed by atoms with Gasteiger partial charge in [0.2, 0.25) is 0 Å². The predicted octanol–water partition coefficient (Wildman–Crippen LogP) is 1.45. The number of aromatic nitrogens is 1. The van der Waals surface area contributed by atoms with Crippen molar-refractivity contribution in [3.63, 3.8) is 0 Å². The number of amides is 1. The molecule has 0 unspecified atom stereocenters. The van der Waals surface area contributed by atoms with Crippen LogP contribution in [0.25, 0.3) is 0 Å². The number of nitrogens with zero attached hydrogens (tertiary/aromatic N) is 1. The molecule has 0 saturated heterocycles. The standard InChI is InChI=1S/C10H12N2O/c1-6(2)8-4-3-7-5-11-10(13)9(7)12-8/h3-4,6H,5H2,1-2H3,(H,11,13). The fraction of sp³-hybridized carbons (Fsp3) is 0.400. The topological polar surface area (TPSA) is 42.0 Å². The molecule has 68 valence electrons. The molecular weight excluding hydrogens is 164 g/mol. The number of fused-ring (bicyclic) bond motifs is 1. The minimum atomic E-state index is -0.0440. The number of nitrogens with one attached hydrogen (secondary N) is 1. The van der Waals surface area contributed by atoms with E-state index in [4.69, 9.17) is 0 Å². The van der Waals surface area contributed by atoms with Gasteiger partial charge >= 0.3 is 0 Å². The Balaban J connectivity index is 2.48. The largest absolute Gasteiger partial charge is 0.347 e. The molecule has 13 heavy (non-hydrogen) atoms. The summed E-state index contributed by atoms with van der Waals surface area (Å²) in [6.07, 6.45) is 0. The van der Waals surface area contributed by atoms with E-state index in [0.29, 0.717) is 18.2 Å². The first kappa shape index (κ1) is 8.23. The van der Waals surface area contributed by atoms with Crippen molar-refractivity contribution in [2.45, 2.75) is 26.3 Å². The number of carbonyl (C=O) groups excluding carboxylic acids is 1. The number of rotatable bonds is 1. The molecule has 1 aromatic heterocycles. The Morgan fingerprint density at radius 2 is 2.23 bits per heavy atom. The Hall–Kier alpha value is -1.38. The highest BCUT2D eigenvalue weighted by molar-refractivity contribution is 5.96. The van der Waals surface area contributed by atoms with Gasteiger partial charge < -0.3 is 5.32 Å². The van der Waals surface area contributed by atoms with E-state index in [1.807, 2.05) is 12.1 Å². The minimum absolute atomic E-state index is 0.0440. The third kappa shape index (κ3) is 1.30. The summed E-state index contributed by atoms with van der Waals surface area (Å²) in [5, 5.41) is 2.75. The van der Waals surface area contributed by atoms with Gasteiger partial charge in [0.1, 0.15) is 5.69 Å². The van der Waals surface area contributed by atoms with Crippen molar-refractivity contribution in [3.05, 3.63) is 29.1 Å². The fourth-order valence-electron chi connectivity index (χ4n) is 1.42. The maximum absolute atomic E-state index is 11.3. The summed E-state index contributed by atoms with van der Waals surface area (Å²) < 4.78 is 0. The molecule has 0 aliphatic carbocycles.